The summed E-state index contributed by atoms with van der Waals surface area (Å²) in [5.74, 6) is 2.63. The number of rotatable bonds is 3. The standard InChI is InChI=1S/C16H32N2/c1-13(2)15-5-4-8-16(11-15,12-17)18-9-6-14(3)7-10-18/h13-15H,4-12,17H2,1-3H3. The largest absolute Gasteiger partial charge is 0.329 e. The predicted molar refractivity (Wildman–Crippen MR) is 78.6 cm³/mol. The molecule has 0 aromatic carbocycles. The van der Waals surface area contributed by atoms with E-state index in [1.54, 1.807) is 0 Å². The number of nitrogens with two attached hydrogens (primary N) is 1. The summed E-state index contributed by atoms with van der Waals surface area (Å²) in [5.41, 5.74) is 6.57. The van der Waals surface area contributed by atoms with Crippen LogP contribution < -0.4 is 5.73 Å². The minimum atomic E-state index is 0.341. The van der Waals surface area contributed by atoms with Crippen LogP contribution in [0.3, 0.4) is 0 Å². The molecule has 2 heteroatoms. The van der Waals surface area contributed by atoms with Gasteiger partial charge in [0.25, 0.3) is 0 Å². The fraction of sp³-hybridized carbons (Fsp3) is 1.00. The van der Waals surface area contributed by atoms with Crippen LogP contribution in [-0.2, 0) is 0 Å². The van der Waals surface area contributed by atoms with Crippen LogP contribution in [0.5, 0.6) is 0 Å². The molecule has 0 amide bonds. The van der Waals surface area contributed by atoms with Crippen molar-refractivity contribution in [3.8, 4) is 0 Å². The number of piperidine rings is 1. The first-order valence-corrected chi connectivity index (χ1v) is 8.02. The van der Waals surface area contributed by atoms with E-state index in [9.17, 15) is 0 Å². The molecule has 1 aliphatic carbocycles. The molecule has 0 bridgehead atoms. The molecule has 0 radical (unpaired) electrons. The van der Waals surface area contributed by atoms with Gasteiger partial charge in [0.05, 0.1) is 0 Å². The van der Waals surface area contributed by atoms with Crippen molar-refractivity contribution in [2.24, 2.45) is 23.5 Å². The molecule has 106 valence electrons. The van der Waals surface area contributed by atoms with Gasteiger partial charge < -0.3 is 5.73 Å². The Morgan fingerprint density at radius 3 is 2.44 bits per heavy atom. The minimum Gasteiger partial charge on any atom is -0.329 e. The van der Waals surface area contributed by atoms with E-state index in [4.69, 9.17) is 5.73 Å². The molecule has 1 aliphatic heterocycles. The summed E-state index contributed by atoms with van der Waals surface area (Å²) >= 11 is 0. The van der Waals surface area contributed by atoms with Gasteiger partial charge in [-0.2, -0.15) is 0 Å². The Balaban J connectivity index is 2.05. The second kappa shape index (κ2) is 5.92. The monoisotopic (exact) mass is 252 g/mol. The minimum absolute atomic E-state index is 0.341. The number of likely N-dealkylation sites (tertiary alicyclic amines) is 1. The van der Waals surface area contributed by atoms with Crippen LogP contribution in [0.2, 0.25) is 0 Å². The Morgan fingerprint density at radius 1 is 1.22 bits per heavy atom. The quantitative estimate of drug-likeness (QED) is 0.835. The van der Waals surface area contributed by atoms with E-state index < -0.39 is 0 Å². The molecule has 2 nitrogen and oxygen atoms in total. The third kappa shape index (κ3) is 2.91. The fourth-order valence-electron chi connectivity index (χ4n) is 4.04. The van der Waals surface area contributed by atoms with E-state index in [0.717, 1.165) is 24.3 Å². The first-order valence-electron chi connectivity index (χ1n) is 8.02. The molecule has 18 heavy (non-hydrogen) atoms. The van der Waals surface area contributed by atoms with Crippen LogP contribution >= 0.6 is 0 Å². The molecule has 2 rings (SSSR count). The molecule has 0 spiro atoms. The topological polar surface area (TPSA) is 29.3 Å². The summed E-state index contributed by atoms with van der Waals surface area (Å²) in [7, 11) is 0. The van der Waals surface area contributed by atoms with Gasteiger partial charge in [-0.3, -0.25) is 4.90 Å². The van der Waals surface area contributed by atoms with Crippen molar-refractivity contribution in [2.75, 3.05) is 19.6 Å². The Hall–Kier alpha value is -0.0800. The van der Waals surface area contributed by atoms with Gasteiger partial charge >= 0.3 is 0 Å². The van der Waals surface area contributed by atoms with E-state index in [2.05, 4.69) is 25.7 Å². The third-order valence-electron chi connectivity index (χ3n) is 5.64. The summed E-state index contributed by atoms with van der Waals surface area (Å²) in [5, 5.41) is 0. The molecule has 0 aromatic heterocycles. The normalized spacial score (nSPS) is 36.2. The maximum Gasteiger partial charge on any atom is 0.0334 e. The SMILES string of the molecule is CC1CCN(C2(CN)CCCC(C(C)C)C2)CC1. The van der Waals surface area contributed by atoms with E-state index in [0.29, 0.717) is 5.54 Å². The summed E-state index contributed by atoms with van der Waals surface area (Å²) in [4.78, 5) is 2.75. The number of hydrogen-bond donors (Lipinski definition) is 1. The zero-order valence-corrected chi connectivity index (χ0v) is 12.6. The third-order valence-corrected chi connectivity index (χ3v) is 5.64. The average molecular weight is 252 g/mol. The van der Waals surface area contributed by atoms with Gasteiger partial charge in [-0.25, -0.2) is 0 Å². The lowest BCUT2D eigenvalue weighted by atomic mass is 9.70. The molecular weight excluding hydrogens is 220 g/mol. The van der Waals surface area contributed by atoms with Gasteiger partial charge in [-0.1, -0.05) is 33.6 Å². The smallest absolute Gasteiger partial charge is 0.0334 e. The maximum absolute atomic E-state index is 6.22. The van der Waals surface area contributed by atoms with E-state index in [1.807, 2.05) is 0 Å². The predicted octanol–water partition coefficient (Wildman–Crippen LogP) is 3.26. The molecule has 1 saturated heterocycles. The van der Waals surface area contributed by atoms with Crippen molar-refractivity contribution in [3.63, 3.8) is 0 Å². The van der Waals surface area contributed by atoms with Gasteiger partial charge in [0.2, 0.25) is 0 Å². The van der Waals surface area contributed by atoms with Crippen LogP contribution in [0, 0.1) is 17.8 Å². The summed E-state index contributed by atoms with van der Waals surface area (Å²) in [6.45, 7) is 10.6. The average Bonchev–Trinajstić information content (AvgIpc) is 2.39. The molecular formula is C16H32N2. The molecule has 1 heterocycles. The van der Waals surface area contributed by atoms with Crippen LogP contribution in [0.4, 0.5) is 0 Å². The van der Waals surface area contributed by atoms with Gasteiger partial charge in [-0.05, 0) is 56.5 Å². The van der Waals surface area contributed by atoms with Crippen LogP contribution in [-0.4, -0.2) is 30.1 Å². The van der Waals surface area contributed by atoms with Crippen LogP contribution in [0.15, 0.2) is 0 Å². The Labute approximate surface area is 113 Å². The second-order valence-corrected chi connectivity index (χ2v) is 7.20. The fourth-order valence-corrected chi connectivity index (χ4v) is 4.04. The lowest BCUT2D eigenvalue weighted by Gasteiger charge is -2.51. The summed E-state index contributed by atoms with van der Waals surface area (Å²) < 4.78 is 0. The summed E-state index contributed by atoms with van der Waals surface area (Å²) in [6.07, 6.45) is 8.22. The highest BCUT2D eigenvalue weighted by Gasteiger charge is 2.41. The Kier molecular flexibility index (Phi) is 4.71. The molecule has 2 unspecified atom stereocenters. The number of hydrogen-bond acceptors (Lipinski definition) is 2. The van der Waals surface area contributed by atoms with Crippen molar-refractivity contribution in [1.29, 1.82) is 0 Å². The molecule has 2 fully saturated rings. The van der Waals surface area contributed by atoms with E-state index >= 15 is 0 Å². The molecule has 2 N–H and O–H groups in total. The van der Waals surface area contributed by atoms with Crippen molar-refractivity contribution >= 4 is 0 Å². The molecule has 2 aliphatic rings. The second-order valence-electron chi connectivity index (χ2n) is 7.20. The Morgan fingerprint density at radius 2 is 1.89 bits per heavy atom. The van der Waals surface area contributed by atoms with Crippen molar-refractivity contribution in [1.82, 2.24) is 4.90 Å². The van der Waals surface area contributed by atoms with Gasteiger partial charge in [0, 0.05) is 12.1 Å². The van der Waals surface area contributed by atoms with E-state index in [1.165, 1.54) is 51.6 Å². The van der Waals surface area contributed by atoms with Gasteiger partial charge in [0.15, 0.2) is 0 Å². The molecule has 0 aromatic rings. The van der Waals surface area contributed by atoms with Gasteiger partial charge in [0.1, 0.15) is 0 Å². The van der Waals surface area contributed by atoms with Gasteiger partial charge in [-0.15, -0.1) is 0 Å². The highest BCUT2D eigenvalue weighted by Crippen LogP contribution is 2.40. The lowest BCUT2D eigenvalue weighted by Crippen LogP contribution is -2.58. The summed E-state index contributed by atoms with van der Waals surface area (Å²) in [6, 6.07) is 0. The Bertz CT molecular complexity index is 256. The number of nitrogens with zero attached hydrogens (tertiary/aromatic N) is 1. The zero-order valence-electron chi connectivity index (χ0n) is 12.6. The van der Waals surface area contributed by atoms with E-state index in [-0.39, 0.29) is 0 Å². The highest BCUT2D eigenvalue weighted by molar-refractivity contribution is 4.98. The molecule has 1 saturated carbocycles. The molecule has 2 atom stereocenters. The van der Waals surface area contributed by atoms with Crippen LogP contribution in [0.1, 0.15) is 59.3 Å². The highest BCUT2D eigenvalue weighted by atomic mass is 15.2. The maximum atomic E-state index is 6.22. The first-order chi connectivity index (χ1) is 8.57. The van der Waals surface area contributed by atoms with Crippen molar-refractivity contribution < 1.29 is 0 Å². The zero-order chi connectivity index (χ0) is 13.2. The van der Waals surface area contributed by atoms with Crippen LogP contribution in [0.25, 0.3) is 0 Å². The van der Waals surface area contributed by atoms with Crippen molar-refractivity contribution in [2.45, 2.75) is 64.8 Å². The first kappa shape index (κ1) is 14.3. The lowest BCUT2D eigenvalue weighted by molar-refractivity contribution is 0.00406. The van der Waals surface area contributed by atoms with Crippen molar-refractivity contribution in [3.05, 3.63) is 0 Å².